The van der Waals surface area contributed by atoms with E-state index in [0.29, 0.717) is 5.92 Å². The first-order valence-corrected chi connectivity index (χ1v) is 3.90. The Labute approximate surface area is 118 Å². The van der Waals surface area contributed by atoms with Gasteiger partial charge in [-0.15, -0.1) is 0 Å². The summed E-state index contributed by atoms with van der Waals surface area (Å²) < 4.78 is 0. The van der Waals surface area contributed by atoms with Crippen molar-refractivity contribution in [3.05, 3.63) is 22.3 Å². The summed E-state index contributed by atoms with van der Waals surface area (Å²) in [4.78, 5) is 0. The van der Waals surface area contributed by atoms with Crippen LogP contribution in [0.3, 0.4) is 0 Å². The Balaban J connectivity index is -0.000000125. The van der Waals surface area contributed by atoms with Crippen molar-refractivity contribution in [3.63, 3.8) is 0 Å². The van der Waals surface area contributed by atoms with Crippen LogP contribution in [-0.2, 0) is 18.6 Å². The molecule has 0 fully saturated rings. The van der Waals surface area contributed by atoms with Crippen LogP contribution >= 0.6 is 0 Å². The minimum absolute atomic E-state index is 0. The van der Waals surface area contributed by atoms with Crippen molar-refractivity contribution in [3.8, 4) is 0 Å². The molecule has 0 nitrogen and oxygen atoms in total. The summed E-state index contributed by atoms with van der Waals surface area (Å²) in [7, 11) is 0. The molecule has 1 aliphatic rings. The molecular formula is C10H16Cl3V-3. The summed E-state index contributed by atoms with van der Waals surface area (Å²) in [6.45, 7) is 11.2. The Hall–Kier alpha value is 0.934. The molecule has 14 heavy (non-hydrogen) atoms. The molecular weight excluding hydrogens is 277 g/mol. The molecule has 85 valence electrons. The first-order valence-electron chi connectivity index (χ1n) is 3.90. The SMILES string of the molecule is CC1=C(C)C(C)C(C)=C1C.[Cl-].[Cl-].[Cl-].[V]. The van der Waals surface area contributed by atoms with E-state index in [1.165, 1.54) is 11.1 Å². The summed E-state index contributed by atoms with van der Waals surface area (Å²) >= 11 is 0. The van der Waals surface area contributed by atoms with Crippen LogP contribution in [0.1, 0.15) is 34.6 Å². The first-order chi connectivity index (χ1) is 4.55. The van der Waals surface area contributed by atoms with E-state index < -0.39 is 0 Å². The second kappa shape index (κ2) is 9.18. The first kappa shape index (κ1) is 24.3. The summed E-state index contributed by atoms with van der Waals surface area (Å²) in [5.74, 6) is 0.694. The predicted molar refractivity (Wildman–Crippen MR) is 45.9 cm³/mol. The quantitative estimate of drug-likeness (QED) is 0.418. The Morgan fingerprint density at radius 1 is 0.714 bits per heavy atom. The molecule has 0 N–H and O–H groups in total. The van der Waals surface area contributed by atoms with Crippen LogP contribution in [0.25, 0.3) is 0 Å². The maximum absolute atomic E-state index is 2.28. The van der Waals surface area contributed by atoms with Gasteiger partial charge in [0.05, 0.1) is 0 Å². The third-order valence-corrected chi connectivity index (χ3v) is 3.04. The van der Waals surface area contributed by atoms with Crippen LogP contribution in [0.2, 0.25) is 0 Å². The van der Waals surface area contributed by atoms with E-state index in [-0.39, 0.29) is 55.8 Å². The molecule has 1 aliphatic carbocycles. The number of halogens is 3. The van der Waals surface area contributed by atoms with E-state index in [1.54, 1.807) is 11.1 Å². The molecule has 0 saturated carbocycles. The van der Waals surface area contributed by atoms with Gasteiger partial charge in [0.1, 0.15) is 0 Å². The monoisotopic (exact) mass is 292 g/mol. The van der Waals surface area contributed by atoms with Crippen LogP contribution in [0.15, 0.2) is 22.3 Å². The smallest absolute Gasteiger partial charge is 0 e. The summed E-state index contributed by atoms with van der Waals surface area (Å²) in [5.41, 5.74) is 6.11. The van der Waals surface area contributed by atoms with Crippen molar-refractivity contribution < 1.29 is 55.8 Å². The summed E-state index contributed by atoms with van der Waals surface area (Å²) in [6, 6.07) is 0. The maximum Gasteiger partial charge on any atom is 0 e. The third kappa shape index (κ3) is 4.20. The number of hydrogen-bond donors (Lipinski definition) is 0. The molecule has 0 unspecified atom stereocenters. The van der Waals surface area contributed by atoms with Crippen molar-refractivity contribution in [2.24, 2.45) is 5.92 Å². The van der Waals surface area contributed by atoms with E-state index in [1.807, 2.05) is 0 Å². The van der Waals surface area contributed by atoms with Crippen molar-refractivity contribution in [2.75, 3.05) is 0 Å². The molecule has 0 aromatic rings. The zero-order chi connectivity index (χ0) is 7.89. The van der Waals surface area contributed by atoms with Gasteiger partial charge >= 0.3 is 0 Å². The third-order valence-electron chi connectivity index (χ3n) is 3.04. The van der Waals surface area contributed by atoms with E-state index in [2.05, 4.69) is 34.6 Å². The van der Waals surface area contributed by atoms with Crippen LogP contribution in [0.4, 0.5) is 0 Å². The molecule has 0 amide bonds. The predicted octanol–water partition coefficient (Wildman–Crippen LogP) is -5.68. The summed E-state index contributed by atoms with van der Waals surface area (Å²) in [6.07, 6.45) is 0. The molecule has 0 aromatic heterocycles. The van der Waals surface area contributed by atoms with E-state index in [4.69, 9.17) is 0 Å². The van der Waals surface area contributed by atoms with Gasteiger partial charge < -0.3 is 37.2 Å². The zero-order valence-corrected chi connectivity index (χ0v) is 12.8. The van der Waals surface area contributed by atoms with Crippen molar-refractivity contribution in [2.45, 2.75) is 34.6 Å². The average Bonchev–Trinajstić information content (AvgIpc) is 2.07. The molecule has 0 saturated heterocycles. The Morgan fingerprint density at radius 3 is 1.00 bits per heavy atom. The molecule has 0 spiro atoms. The Bertz CT molecular complexity index is 208. The Morgan fingerprint density at radius 2 is 0.929 bits per heavy atom. The molecule has 4 heteroatoms. The fourth-order valence-electron chi connectivity index (χ4n) is 1.57. The minimum Gasteiger partial charge on any atom is -1.00 e. The molecule has 0 aliphatic heterocycles. The van der Waals surface area contributed by atoms with Crippen LogP contribution in [0.5, 0.6) is 0 Å². The maximum atomic E-state index is 2.28. The van der Waals surface area contributed by atoms with Crippen LogP contribution < -0.4 is 37.2 Å². The molecule has 0 heterocycles. The van der Waals surface area contributed by atoms with E-state index >= 15 is 0 Å². The van der Waals surface area contributed by atoms with Gasteiger partial charge in [-0.2, -0.15) is 0 Å². The van der Waals surface area contributed by atoms with Gasteiger partial charge in [-0.05, 0) is 44.8 Å². The van der Waals surface area contributed by atoms with E-state index in [0.717, 1.165) is 0 Å². The molecule has 1 radical (unpaired) electrons. The number of rotatable bonds is 0. The van der Waals surface area contributed by atoms with Crippen molar-refractivity contribution >= 4 is 0 Å². The van der Waals surface area contributed by atoms with Crippen molar-refractivity contribution in [1.29, 1.82) is 0 Å². The van der Waals surface area contributed by atoms with Gasteiger partial charge in [0.15, 0.2) is 0 Å². The Kier molecular flexibility index (Phi) is 15.9. The largest absolute Gasteiger partial charge is 1.00 e. The zero-order valence-electron chi connectivity index (χ0n) is 9.16. The van der Waals surface area contributed by atoms with Crippen molar-refractivity contribution in [1.82, 2.24) is 0 Å². The number of allylic oxidation sites excluding steroid dienone is 4. The van der Waals surface area contributed by atoms with Gasteiger partial charge in [-0.25, -0.2) is 0 Å². The van der Waals surface area contributed by atoms with Gasteiger partial charge in [0.25, 0.3) is 0 Å². The number of hydrogen-bond acceptors (Lipinski definition) is 0. The van der Waals surface area contributed by atoms with Gasteiger partial charge in [0.2, 0.25) is 0 Å². The molecule has 0 bridgehead atoms. The topological polar surface area (TPSA) is 0 Å². The molecule has 0 aromatic carbocycles. The fraction of sp³-hybridized carbons (Fsp3) is 0.600. The average molecular weight is 294 g/mol. The van der Waals surface area contributed by atoms with Crippen LogP contribution in [0, 0.1) is 5.92 Å². The van der Waals surface area contributed by atoms with Gasteiger partial charge in [0, 0.05) is 18.6 Å². The van der Waals surface area contributed by atoms with Gasteiger partial charge in [-0.3, -0.25) is 0 Å². The summed E-state index contributed by atoms with van der Waals surface area (Å²) in [5, 5.41) is 0. The standard InChI is InChI=1S/C10H16.3ClH.V/c1-6-7(2)9(4)10(5)8(6)3;;;;/h6H,1-5H3;3*1H;/p-3. The van der Waals surface area contributed by atoms with Gasteiger partial charge in [-0.1, -0.05) is 18.1 Å². The minimum atomic E-state index is 0. The second-order valence-electron chi connectivity index (χ2n) is 3.34. The normalized spacial score (nSPS) is 15.2. The molecule has 0 atom stereocenters. The second-order valence-corrected chi connectivity index (χ2v) is 3.34. The van der Waals surface area contributed by atoms with E-state index in [9.17, 15) is 0 Å². The molecule has 1 rings (SSSR count). The fourth-order valence-corrected chi connectivity index (χ4v) is 1.57. The van der Waals surface area contributed by atoms with Crippen LogP contribution in [-0.4, -0.2) is 0 Å².